The largest absolute Gasteiger partial charge is 0.300 e. The minimum Gasteiger partial charge on any atom is -0.300 e. The summed E-state index contributed by atoms with van der Waals surface area (Å²) in [6, 6.07) is 0. The van der Waals surface area contributed by atoms with Gasteiger partial charge in [0.25, 0.3) is 0 Å². The first-order valence-corrected chi connectivity index (χ1v) is 3.95. The van der Waals surface area contributed by atoms with Crippen molar-refractivity contribution in [2.75, 3.05) is 0 Å². The van der Waals surface area contributed by atoms with E-state index in [2.05, 4.69) is 6.58 Å². The lowest BCUT2D eigenvalue weighted by Gasteiger charge is -1.92. The van der Waals surface area contributed by atoms with Gasteiger partial charge in [-0.25, -0.2) is 0 Å². The van der Waals surface area contributed by atoms with Crippen LogP contribution in [0, 0.1) is 0 Å². The molecule has 0 aromatic carbocycles. The van der Waals surface area contributed by atoms with Crippen LogP contribution in [0.3, 0.4) is 0 Å². The van der Waals surface area contributed by atoms with E-state index >= 15 is 0 Å². The van der Waals surface area contributed by atoms with Gasteiger partial charge in [0, 0.05) is 6.42 Å². The Bertz CT molecular complexity index is 202. The summed E-state index contributed by atoms with van der Waals surface area (Å²) in [6.07, 6.45) is 6.53. The lowest BCUT2D eigenvalue weighted by Crippen LogP contribution is -2.03. The van der Waals surface area contributed by atoms with Crippen LogP contribution in [0.5, 0.6) is 0 Å². The molecule has 0 aliphatic rings. The SMILES string of the molecule is C=C/C=C/CCC(=O)CC(C)=O. The summed E-state index contributed by atoms with van der Waals surface area (Å²) < 4.78 is 0. The van der Waals surface area contributed by atoms with Crippen molar-refractivity contribution in [3.05, 3.63) is 24.8 Å². The van der Waals surface area contributed by atoms with E-state index in [0.29, 0.717) is 12.8 Å². The fraction of sp³-hybridized carbons (Fsp3) is 0.400. The third kappa shape index (κ3) is 6.93. The van der Waals surface area contributed by atoms with Crippen molar-refractivity contribution in [2.45, 2.75) is 26.2 Å². The molecule has 0 aliphatic carbocycles. The molecule has 0 saturated heterocycles. The van der Waals surface area contributed by atoms with Gasteiger partial charge in [0.05, 0.1) is 6.42 Å². The molecule has 0 rings (SSSR count). The second-order valence-corrected chi connectivity index (χ2v) is 2.62. The number of carbonyl (C=O) groups excluding carboxylic acids is 2. The van der Waals surface area contributed by atoms with Crippen molar-refractivity contribution in [1.29, 1.82) is 0 Å². The van der Waals surface area contributed by atoms with E-state index in [0.717, 1.165) is 0 Å². The standard InChI is InChI=1S/C10H14O2/c1-3-4-5-6-7-10(12)8-9(2)11/h3-5H,1,6-8H2,2H3/b5-4+. The van der Waals surface area contributed by atoms with Crippen molar-refractivity contribution in [3.8, 4) is 0 Å². The van der Waals surface area contributed by atoms with Crippen molar-refractivity contribution < 1.29 is 9.59 Å². The van der Waals surface area contributed by atoms with Crippen LogP contribution in [0.4, 0.5) is 0 Å². The molecule has 0 aromatic rings. The van der Waals surface area contributed by atoms with Gasteiger partial charge in [-0.2, -0.15) is 0 Å². The second kappa shape index (κ2) is 6.53. The van der Waals surface area contributed by atoms with E-state index in [-0.39, 0.29) is 18.0 Å². The maximum absolute atomic E-state index is 10.9. The molecule has 2 nitrogen and oxygen atoms in total. The zero-order chi connectivity index (χ0) is 9.40. The molecule has 0 aliphatic heterocycles. The van der Waals surface area contributed by atoms with Crippen LogP contribution >= 0.6 is 0 Å². The molecule has 0 aromatic heterocycles. The van der Waals surface area contributed by atoms with E-state index in [1.807, 2.05) is 6.08 Å². The lowest BCUT2D eigenvalue weighted by molar-refractivity contribution is -0.125. The van der Waals surface area contributed by atoms with E-state index in [1.54, 1.807) is 12.2 Å². The topological polar surface area (TPSA) is 34.1 Å². The van der Waals surface area contributed by atoms with Crippen LogP contribution in [-0.4, -0.2) is 11.6 Å². The zero-order valence-electron chi connectivity index (χ0n) is 7.38. The molecule has 12 heavy (non-hydrogen) atoms. The molecule has 0 bridgehead atoms. The Hall–Kier alpha value is -1.18. The Balaban J connectivity index is 3.50. The highest BCUT2D eigenvalue weighted by Crippen LogP contribution is 1.97. The van der Waals surface area contributed by atoms with E-state index in [4.69, 9.17) is 0 Å². The van der Waals surface area contributed by atoms with Crippen molar-refractivity contribution in [1.82, 2.24) is 0 Å². The first-order valence-electron chi connectivity index (χ1n) is 3.95. The summed E-state index contributed by atoms with van der Waals surface area (Å²) in [7, 11) is 0. The third-order valence-corrected chi connectivity index (χ3v) is 1.31. The maximum atomic E-state index is 10.9. The van der Waals surface area contributed by atoms with Crippen LogP contribution < -0.4 is 0 Å². The van der Waals surface area contributed by atoms with Crippen molar-refractivity contribution >= 4 is 11.6 Å². The summed E-state index contributed by atoms with van der Waals surface area (Å²) >= 11 is 0. The molecular weight excluding hydrogens is 152 g/mol. The number of hydrogen-bond acceptors (Lipinski definition) is 2. The number of carbonyl (C=O) groups is 2. The summed E-state index contributed by atoms with van der Waals surface area (Å²) in [5, 5.41) is 0. The number of Topliss-reactive ketones (excluding diaryl/α,β-unsaturated/α-hetero) is 2. The predicted molar refractivity (Wildman–Crippen MR) is 48.9 cm³/mol. The van der Waals surface area contributed by atoms with Gasteiger partial charge in [0.1, 0.15) is 11.6 Å². The van der Waals surface area contributed by atoms with Gasteiger partial charge in [0.2, 0.25) is 0 Å². The molecule has 0 amide bonds. The molecule has 0 heterocycles. The van der Waals surface area contributed by atoms with Crippen molar-refractivity contribution in [3.63, 3.8) is 0 Å². The summed E-state index contributed by atoms with van der Waals surface area (Å²) in [5.74, 6) is -0.0519. The van der Waals surface area contributed by atoms with Gasteiger partial charge in [-0.1, -0.05) is 24.8 Å². The Morgan fingerprint density at radius 1 is 1.42 bits per heavy atom. The number of allylic oxidation sites excluding steroid dienone is 3. The first-order chi connectivity index (χ1) is 5.66. The normalized spacial score (nSPS) is 10.1. The van der Waals surface area contributed by atoms with Crippen LogP contribution in [0.1, 0.15) is 26.2 Å². The average Bonchev–Trinajstić information content (AvgIpc) is 1.97. The van der Waals surface area contributed by atoms with Crippen LogP contribution in [0.2, 0.25) is 0 Å². The van der Waals surface area contributed by atoms with Gasteiger partial charge >= 0.3 is 0 Å². The summed E-state index contributed by atoms with van der Waals surface area (Å²) in [4.78, 5) is 21.4. The Morgan fingerprint density at radius 3 is 2.58 bits per heavy atom. The molecule has 0 fully saturated rings. The molecule has 0 unspecified atom stereocenters. The molecule has 0 radical (unpaired) electrons. The average molecular weight is 166 g/mol. The molecular formula is C10H14O2. The summed E-state index contributed by atoms with van der Waals surface area (Å²) in [5.41, 5.74) is 0. The van der Waals surface area contributed by atoms with E-state index in [1.165, 1.54) is 6.92 Å². The molecule has 2 heteroatoms. The number of hydrogen-bond donors (Lipinski definition) is 0. The van der Waals surface area contributed by atoms with E-state index < -0.39 is 0 Å². The monoisotopic (exact) mass is 166 g/mol. The van der Waals surface area contributed by atoms with Gasteiger partial charge < -0.3 is 0 Å². The Morgan fingerprint density at radius 2 is 2.08 bits per heavy atom. The Labute approximate surface area is 73.0 Å². The smallest absolute Gasteiger partial charge is 0.140 e. The van der Waals surface area contributed by atoms with Crippen molar-refractivity contribution in [2.24, 2.45) is 0 Å². The second-order valence-electron chi connectivity index (χ2n) is 2.62. The quantitative estimate of drug-likeness (QED) is 0.447. The van der Waals surface area contributed by atoms with Crippen LogP contribution in [-0.2, 0) is 9.59 Å². The van der Waals surface area contributed by atoms with Gasteiger partial charge in [-0.15, -0.1) is 0 Å². The third-order valence-electron chi connectivity index (χ3n) is 1.31. The minimum absolute atomic E-state index is 0.0104. The van der Waals surface area contributed by atoms with Gasteiger partial charge in [-0.05, 0) is 13.3 Å². The Kier molecular flexibility index (Phi) is 5.88. The minimum atomic E-state index is -0.0623. The number of ketones is 2. The predicted octanol–water partition coefficient (Wildman–Crippen LogP) is 2.06. The first kappa shape index (κ1) is 10.8. The molecule has 0 N–H and O–H groups in total. The lowest BCUT2D eigenvalue weighted by atomic mass is 10.1. The molecule has 0 saturated carbocycles. The number of rotatable bonds is 6. The van der Waals surface area contributed by atoms with Crippen LogP contribution in [0.25, 0.3) is 0 Å². The molecule has 0 spiro atoms. The highest BCUT2D eigenvalue weighted by atomic mass is 16.1. The zero-order valence-corrected chi connectivity index (χ0v) is 7.38. The fourth-order valence-corrected chi connectivity index (χ4v) is 0.803. The highest BCUT2D eigenvalue weighted by molar-refractivity contribution is 5.97. The maximum Gasteiger partial charge on any atom is 0.140 e. The van der Waals surface area contributed by atoms with Gasteiger partial charge in [-0.3, -0.25) is 9.59 Å². The highest BCUT2D eigenvalue weighted by Gasteiger charge is 2.02. The van der Waals surface area contributed by atoms with E-state index in [9.17, 15) is 9.59 Å². The van der Waals surface area contributed by atoms with Gasteiger partial charge in [0.15, 0.2) is 0 Å². The molecule has 66 valence electrons. The molecule has 0 atom stereocenters. The summed E-state index contributed by atoms with van der Waals surface area (Å²) in [6.45, 7) is 4.93. The van der Waals surface area contributed by atoms with Crippen LogP contribution in [0.15, 0.2) is 24.8 Å². The fourth-order valence-electron chi connectivity index (χ4n) is 0.803.